The van der Waals surface area contributed by atoms with E-state index in [2.05, 4.69) is 5.32 Å². The van der Waals surface area contributed by atoms with Crippen molar-refractivity contribution in [1.29, 1.82) is 0 Å². The number of rotatable bonds is 5. The SMILES string of the molecule is CC(C)[C@@H](NC(=O)C(C)(N)c1ccccc1)C(=O)O. The third kappa shape index (κ3) is 3.54. The van der Waals surface area contributed by atoms with Crippen LogP contribution in [0.4, 0.5) is 0 Å². The van der Waals surface area contributed by atoms with Crippen molar-refractivity contribution in [1.82, 2.24) is 5.32 Å². The van der Waals surface area contributed by atoms with Crippen LogP contribution in [-0.2, 0) is 15.1 Å². The molecule has 1 aromatic carbocycles. The Labute approximate surface area is 112 Å². The van der Waals surface area contributed by atoms with Crippen molar-refractivity contribution in [2.75, 3.05) is 0 Å². The number of hydrogen-bond acceptors (Lipinski definition) is 3. The largest absolute Gasteiger partial charge is 0.480 e. The van der Waals surface area contributed by atoms with Gasteiger partial charge in [-0.2, -0.15) is 0 Å². The van der Waals surface area contributed by atoms with E-state index in [4.69, 9.17) is 10.8 Å². The molecule has 1 aromatic rings. The summed E-state index contributed by atoms with van der Waals surface area (Å²) in [4.78, 5) is 23.3. The van der Waals surface area contributed by atoms with Gasteiger partial charge in [-0.3, -0.25) is 4.79 Å². The molecule has 0 radical (unpaired) electrons. The van der Waals surface area contributed by atoms with Crippen LogP contribution in [0, 0.1) is 5.92 Å². The molecule has 1 amide bonds. The topological polar surface area (TPSA) is 92.4 Å². The molecular weight excluding hydrogens is 244 g/mol. The van der Waals surface area contributed by atoms with E-state index in [1.54, 1.807) is 45.0 Å². The highest BCUT2D eigenvalue weighted by molar-refractivity contribution is 5.90. The first-order chi connectivity index (χ1) is 8.76. The highest BCUT2D eigenvalue weighted by atomic mass is 16.4. The Morgan fingerprint density at radius 1 is 1.26 bits per heavy atom. The molecule has 0 saturated heterocycles. The number of benzene rings is 1. The van der Waals surface area contributed by atoms with Crippen LogP contribution >= 0.6 is 0 Å². The third-order valence-corrected chi connectivity index (χ3v) is 3.06. The van der Waals surface area contributed by atoms with Crippen molar-refractivity contribution >= 4 is 11.9 Å². The highest BCUT2D eigenvalue weighted by Gasteiger charge is 2.34. The number of carboxylic acids is 1. The molecule has 4 N–H and O–H groups in total. The smallest absolute Gasteiger partial charge is 0.326 e. The first kappa shape index (κ1) is 15.2. The lowest BCUT2D eigenvalue weighted by atomic mass is 9.91. The van der Waals surface area contributed by atoms with Crippen LogP contribution in [0.3, 0.4) is 0 Å². The lowest BCUT2D eigenvalue weighted by Crippen LogP contribution is -2.55. The van der Waals surface area contributed by atoms with Crippen LogP contribution in [0.1, 0.15) is 26.3 Å². The van der Waals surface area contributed by atoms with Crippen LogP contribution in [0.5, 0.6) is 0 Å². The Morgan fingerprint density at radius 3 is 2.21 bits per heavy atom. The number of nitrogens with two attached hydrogens (primary N) is 1. The zero-order chi connectivity index (χ0) is 14.6. The number of amides is 1. The number of hydrogen-bond donors (Lipinski definition) is 3. The summed E-state index contributed by atoms with van der Waals surface area (Å²) < 4.78 is 0. The molecule has 0 aliphatic carbocycles. The summed E-state index contributed by atoms with van der Waals surface area (Å²) in [5.74, 6) is -1.78. The van der Waals surface area contributed by atoms with E-state index < -0.39 is 23.5 Å². The number of nitrogens with one attached hydrogen (secondary N) is 1. The predicted molar refractivity (Wildman–Crippen MR) is 72.4 cm³/mol. The maximum Gasteiger partial charge on any atom is 0.326 e. The van der Waals surface area contributed by atoms with Gasteiger partial charge in [0.1, 0.15) is 11.6 Å². The molecule has 0 bridgehead atoms. The fourth-order valence-corrected chi connectivity index (χ4v) is 1.72. The number of aliphatic carboxylic acids is 1. The standard InChI is InChI=1S/C14H20N2O3/c1-9(2)11(12(17)18)16-13(19)14(3,15)10-7-5-4-6-8-10/h4-9,11H,15H2,1-3H3,(H,16,19)(H,17,18)/t11-,14?/m1/s1. The van der Waals surface area contributed by atoms with E-state index >= 15 is 0 Å². The minimum Gasteiger partial charge on any atom is -0.480 e. The second-order valence-electron chi connectivity index (χ2n) is 5.10. The van der Waals surface area contributed by atoms with Gasteiger partial charge < -0.3 is 16.2 Å². The lowest BCUT2D eigenvalue weighted by Gasteiger charge is -2.27. The summed E-state index contributed by atoms with van der Waals surface area (Å²) in [7, 11) is 0. The van der Waals surface area contributed by atoms with E-state index in [0.29, 0.717) is 5.56 Å². The molecule has 104 valence electrons. The van der Waals surface area contributed by atoms with Crippen molar-refractivity contribution in [2.24, 2.45) is 11.7 Å². The van der Waals surface area contributed by atoms with Gasteiger partial charge in [0.2, 0.25) is 5.91 Å². The molecule has 5 heteroatoms. The fourth-order valence-electron chi connectivity index (χ4n) is 1.72. The molecule has 5 nitrogen and oxygen atoms in total. The number of carboxylic acid groups (broad SMARTS) is 1. The Morgan fingerprint density at radius 2 is 1.79 bits per heavy atom. The lowest BCUT2D eigenvalue weighted by molar-refractivity contribution is -0.144. The first-order valence-electron chi connectivity index (χ1n) is 6.15. The molecule has 0 saturated carbocycles. The monoisotopic (exact) mass is 264 g/mol. The first-order valence-corrected chi connectivity index (χ1v) is 6.15. The summed E-state index contributed by atoms with van der Waals surface area (Å²) in [6.45, 7) is 5.03. The second-order valence-corrected chi connectivity index (χ2v) is 5.10. The van der Waals surface area contributed by atoms with Gasteiger partial charge in [-0.15, -0.1) is 0 Å². The van der Waals surface area contributed by atoms with Gasteiger partial charge in [-0.05, 0) is 18.4 Å². The van der Waals surface area contributed by atoms with E-state index in [-0.39, 0.29) is 5.92 Å². The number of carbonyl (C=O) groups is 2. The summed E-state index contributed by atoms with van der Waals surface area (Å²) >= 11 is 0. The molecule has 1 rings (SSSR count). The fraction of sp³-hybridized carbons (Fsp3) is 0.429. The minimum absolute atomic E-state index is 0.215. The van der Waals surface area contributed by atoms with Crippen molar-refractivity contribution in [2.45, 2.75) is 32.4 Å². The third-order valence-electron chi connectivity index (χ3n) is 3.06. The Balaban J connectivity index is 2.91. The Bertz CT molecular complexity index is 455. The van der Waals surface area contributed by atoms with E-state index in [1.165, 1.54) is 0 Å². The van der Waals surface area contributed by atoms with Gasteiger partial charge in [-0.25, -0.2) is 4.79 Å². The van der Waals surface area contributed by atoms with Gasteiger partial charge in [0.05, 0.1) is 0 Å². The van der Waals surface area contributed by atoms with Crippen LogP contribution in [0.25, 0.3) is 0 Å². The molecule has 0 aliphatic rings. The summed E-state index contributed by atoms with van der Waals surface area (Å²) in [5.41, 5.74) is 5.40. The van der Waals surface area contributed by atoms with E-state index in [9.17, 15) is 9.59 Å². The number of carbonyl (C=O) groups excluding carboxylic acids is 1. The van der Waals surface area contributed by atoms with Crippen molar-refractivity contribution in [3.05, 3.63) is 35.9 Å². The van der Waals surface area contributed by atoms with Gasteiger partial charge in [0.25, 0.3) is 0 Å². The van der Waals surface area contributed by atoms with Gasteiger partial charge >= 0.3 is 5.97 Å². The van der Waals surface area contributed by atoms with E-state index in [0.717, 1.165) is 0 Å². The molecular formula is C14H20N2O3. The second kappa shape index (κ2) is 5.84. The molecule has 0 spiro atoms. The quantitative estimate of drug-likeness (QED) is 0.742. The normalized spacial score (nSPS) is 15.6. The maximum absolute atomic E-state index is 12.2. The maximum atomic E-state index is 12.2. The minimum atomic E-state index is -1.26. The van der Waals surface area contributed by atoms with Gasteiger partial charge in [-0.1, -0.05) is 44.2 Å². The molecule has 2 atom stereocenters. The molecule has 0 aliphatic heterocycles. The highest BCUT2D eigenvalue weighted by Crippen LogP contribution is 2.18. The average Bonchev–Trinajstić information content (AvgIpc) is 2.35. The molecule has 0 heterocycles. The summed E-state index contributed by atoms with van der Waals surface area (Å²) in [5, 5.41) is 11.6. The summed E-state index contributed by atoms with van der Waals surface area (Å²) in [6.07, 6.45) is 0. The molecule has 0 fully saturated rings. The molecule has 1 unspecified atom stereocenters. The molecule has 19 heavy (non-hydrogen) atoms. The van der Waals surface area contributed by atoms with Crippen molar-refractivity contribution in [3.8, 4) is 0 Å². The predicted octanol–water partition coefficient (Wildman–Crippen LogP) is 1.09. The average molecular weight is 264 g/mol. The van der Waals surface area contributed by atoms with Crippen LogP contribution < -0.4 is 11.1 Å². The van der Waals surface area contributed by atoms with Crippen molar-refractivity contribution in [3.63, 3.8) is 0 Å². The van der Waals surface area contributed by atoms with E-state index in [1.807, 2.05) is 6.07 Å². The van der Waals surface area contributed by atoms with Crippen LogP contribution in [0.15, 0.2) is 30.3 Å². The zero-order valence-corrected chi connectivity index (χ0v) is 11.4. The Hall–Kier alpha value is -1.88. The van der Waals surface area contributed by atoms with Crippen molar-refractivity contribution < 1.29 is 14.7 Å². The Kier molecular flexibility index (Phi) is 4.67. The van der Waals surface area contributed by atoms with Crippen LogP contribution in [-0.4, -0.2) is 23.0 Å². The van der Waals surface area contributed by atoms with Crippen LogP contribution in [0.2, 0.25) is 0 Å². The van der Waals surface area contributed by atoms with Gasteiger partial charge in [0.15, 0.2) is 0 Å². The molecule has 0 aromatic heterocycles. The summed E-state index contributed by atoms with van der Waals surface area (Å²) in [6, 6.07) is 7.93. The van der Waals surface area contributed by atoms with Gasteiger partial charge in [0, 0.05) is 0 Å². The zero-order valence-electron chi connectivity index (χ0n) is 11.4.